The van der Waals surface area contributed by atoms with Crippen molar-refractivity contribution in [3.05, 3.63) is 22.3 Å². The van der Waals surface area contributed by atoms with E-state index in [0.29, 0.717) is 10.3 Å². The molecule has 102 valence electrons. The van der Waals surface area contributed by atoms with Crippen molar-refractivity contribution < 1.29 is 13.2 Å². The van der Waals surface area contributed by atoms with E-state index in [-0.39, 0.29) is 12.4 Å². The van der Waals surface area contributed by atoms with Gasteiger partial charge in [0.05, 0.1) is 10.0 Å². The summed E-state index contributed by atoms with van der Waals surface area (Å²) in [4.78, 5) is 5.86. The summed E-state index contributed by atoms with van der Waals surface area (Å²) in [5, 5.41) is 3.17. The first kappa shape index (κ1) is 15.5. The maximum absolute atomic E-state index is 12.5. The Bertz CT molecular complexity index is 408. The number of hydrogen-bond donors (Lipinski definition) is 1. The fourth-order valence-corrected chi connectivity index (χ4v) is 2.29. The van der Waals surface area contributed by atoms with Gasteiger partial charge in [0.2, 0.25) is 0 Å². The zero-order valence-electron chi connectivity index (χ0n) is 9.30. The van der Waals surface area contributed by atoms with Crippen LogP contribution >= 0.6 is 28.3 Å². The molecule has 0 radical (unpaired) electrons. The van der Waals surface area contributed by atoms with Crippen LogP contribution in [0.15, 0.2) is 16.7 Å². The van der Waals surface area contributed by atoms with Gasteiger partial charge in [-0.05, 0) is 22.0 Å². The van der Waals surface area contributed by atoms with Crippen LogP contribution in [0.4, 0.5) is 19.0 Å². The SMILES string of the molecule is Cl.FC(F)(F)c1cnc(N2CCNCC2)c(Br)c1. The molecule has 0 bridgehead atoms. The third-order valence-corrected chi connectivity index (χ3v) is 3.15. The molecule has 8 heteroatoms. The maximum Gasteiger partial charge on any atom is 0.417 e. The van der Waals surface area contributed by atoms with Crippen molar-refractivity contribution in [1.29, 1.82) is 0 Å². The van der Waals surface area contributed by atoms with Crippen LogP contribution in [-0.4, -0.2) is 31.2 Å². The number of nitrogens with zero attached hydrogens (tertiary/aromatic N) is 2. The Balaban J connectivity index is 0.00000162. The molecule has 1 aromatic rings. The standard InChI is InChI=1S/C10H11BrF3N3.ClH/c11-8-5-7(10(12,13)14)6-16-9(8)17-3-1-15-2-4-17;/h5-6,15H,1-4H2;1H. The minimum Gasteiger partial charge on any atom is -0.353 e. The Morgan fingerprint density at radius 2 is 1.89 bits per heavy atom. The summed E-state index contributed by atoms with van der Waals surface area (Å²) in [5.41, 5.74) is -0.733. The van der Waals surface area contributed by atoms with Gasteiger partial charge in [-0.25, -0.2) is 4.98 Å². The highest BCUT2D eigenvalue weighted by molar-refractivity contribution is 9.10. The highest BCUT2D eigenvalue weighted by Gasteiger charge is 2.32. The molecular formula is C10H12BrClF3N3. The number of halogens is 5. The van der Waals surface area contributed by atoms with E-state index < -0.39 is 11.7 Å². The van der Waals surface area contributed by atoms with Crippen molar-refractivity contribution >= 4 is 34.2 Å². The zero-order chi connectivity index (χ0) is 12.5. The summed E-state index contributed by atoms with van der Waals surface area (Å²) in [6, 6.07) is 1.07. The smallest absolute Gasteiger partial charge is 0.353 e. The van der Waals surface area contributed by atoms with Gasteiger partial charge in [0, 0.05) is 32.4 Å². The Kier molecular flexibility index (Phi) is 5.24. The van der Waals surface area contributed by atoms with E-state index >= 15 is 0 Å². The van der Waals surface area contributed by atoms with Crippen molar-refractivity contribution in [1.82, 2.24) is 10.3 Å². The summed E-state index contributed by atoms with van der Waals surface area (Å²) >= 11 is 3.15. The van der Waals surface area contributed by atoms with Crippen molar-refractivity contribution in [2.45, 2.75) is 6.18 Å². The van der Waals surface area contributed by atoms with Gasteiger partial charge in [-0.2, -0.15) is 13.2 Å². The van der Waals surface area contributed by atoms with Crippen molar-refractivity contribution in [3.8, 4) is 0 Å². The fourth-order valence-electron chi connectivity index (χ4n) is 1.70. The van der Waals surface area contributed by atoms with E-state index in [1.807, 2.05) is 4.90 Å². The monoisotopic (exact) mass is 345 g/mol. The molecule has 0 aromatic carbocycles. The number of rotatable bonds is 1. The van der Waals surface area contributed by atoms with Crippen LogP contribution in [-0.2, 0) is 6.18 Å². The highest BCUT2D eigenvalue weighted by Crippen LogP contribution is 2.33. The normalized spacial score (nSPS) is 16.3. The van der Waals surface area contributed by atoms with Crippen LogP contribution in [0.2, 0.25) is 0 Å². The third-order valence-electron chi connectivity index (χ3n) is 2.57. The minimum absolute atomic E-state index is 0. The van der Waals surface area contributed by atoms with Crippen LogP contribution in [0.1, 0.15) is 5.56 Å². The number of nitrogens with one attached hydrogen (secondary N) is 1. The second-order valence-corrected chi connectivity index (χ2v) is 4.62. The summed E-state index contributed by atoms with van der Waals surface area (Å²) in [7, 11) is 0. The predicted molar refractivity (Wildman–Crippen MR) is 69.3 cm³/mol. The molecule has 0 atom stereocenters. The van der Waals surface area contributed by atoms with E-state index in [2.05, 4.69) is 26.2 Å². The first-order valence-corrected chi connectivity index (χ1v) is 5.96. The lowest BCUT2D eigenvalue weighted by Gasteiger charge is -2.29. The molecule has 2 rings (SSSR count). The number of hydrogen-bond acceptors (Lipinski definition) is 3. The van der Waals surface area contributed by atoms with Crippen molar-refractivity contribution in [2.24, 2.45) is 0 Å². The van der Waals surface area contributed by atoms with Crippen LogP contribution in [0.3, 0.4) is 0 Å². The first-order valence-electron chi connectivity index (χ1n) is 5.17. The molecule has 1 fully saturated rings. The van der Waals surface area contributed by atoms with Gasteiger partial charge in [0.15, 0.2) is 0 Å². The van der Waals surface area contributed by atoms with Crippen LogP contribution in [0, 0.1) is 0 Å². The zero-order valence-corrected chi connectivity index (χ0v) is 11.7. The second-order valence-electron chi connectivity index (χ2n) is 3.76. The molecule has 1 aliphatic rings. The van der Waals surface area contributed by atoms with E-state index in [0.717, 1.165) is 38.4 Å². The Morgan fingerprint density at radius 1 is 1.28 bits per heavy atom. The van der Waals surface area contributed by atoms with Gasteiger partial charge in [-0.3, -0.25) is 0 Å². The lowest BCUT2D eigenvalue weighted by molar-refractivity contribution is -0.137. The molecule has 0 spiro atoms. The summed E-state index contributed by atoms with van der Waals surface area (Å²) in [5.74, 6) is 0.569. The number of aromatic nitrogens is 1. The Morgan fingerprint density at radius 3 is 2.39 bits per heavy atom. The van der Waals surface area contributed by atoms with Gasteiger partial charge >= 0.3 is 6.18 Å². The largest absolute Gasteiger partial charge is 0.417 e. The molecule has 0 saturated carbocycles. The van der Waals surface area contributed by atoms with E-state index in [1.165, 1.54) is 0 Å². The molecule has 1 aromatic heterocycles. The number of piperazine rings is 1. The molecule has 0 aliphatic carbocycles. The predicted octanol–water partition coefficient (Wildman–Crippen LogP) is 2.69. The van der Waals surface area contributed by atoms with Gasteiger partial charge in [-0.15, -0.1) is 12.4 Å². The average molecular weight is 347 g/mol. The quantitative estimate of drug-likeness (QED) is 0.847. The summed E-state index contributed by atoms with van der Waals surface area (Å²) < 4.78 is 37.8. The molecule has 1 aliphatic heterocycles. The molecule has 18 heavy (non-hydrogen) atoms. The van der Waals surface area contributed by atoms with E-state index in [9.17, 15) is 13.2 Å². The van der Waals surface area contributed by atoms with Gasteiger partial charge in [0.1, 0.15) is 5.82 Å². The van der Waals surface area contributed by atoms with Gasteiger partial charge < -0.3 is 10.2 Å². The minimum atomic E-state index is -4.35. The van der Waals surface area contributed by atoms with Crippen molar-refractivity contribution in [3.63, 3.8) is 0 Å². The number of anilines is 1. The highest BCUT2D eigenvalue weighted by atomic mass is 79.9. The van der Waals surface area contributed by atoms with Gasteiger partial charge in [0.25, 0.3) is 0 Å². The molecule has 0 amide bonds. The van der Waals surface area contributed by atoms with Crippen LogP contribution in [0.5, 0.6) is 0 Å². The molecule has 1 N–H and O–H groups in total. The summed E-state index contributed by atoms with van der Waals surface area (Å²) in [6.45, 7) is 3.12. The molecular weight excluding hydrogens is 334 g/mol. The Labute approximate surface area is 117 Å². The molecule has 1 saturated heterocycles. The lowest BCUT2D eigenvalue weighted by Crippen LogP contribution is -2.44. The third kappa shape index (κ3) is 3.49. The Hall–Kier alpha value is -0.530. The lowest BCUT2D eigenvalue weighted by atomic mass is 10.2. The van der Waals surface area contributed by atoms with Crippen molar-refractivity contribution in [2.75, 3.05) is 31.1 Å². The maximum atomic E-state index is 12.5. The van der Waals surface area contributed by atoms with Crippen LogP contribution < -0.4 is 10.2 Å². The first-order chi connectivity index (χ1) is 7.98. The van der Waals surface area contributed by atoms with E-state index in [1.54, 1.807) is 0 Å². The van der Waals surface area contributed by atoms with E-state index in [4.69, 9.17) is 0 Å². The molecule has 2 heterocycles. The molecule has 3 nitrogen and oxygen atoms in total. The van der Waals surface area contributed by atoms with Gasteiger partial charge in [-0.1, -0.05) is 0 Å². The number of alkyl halides is 3. The second kappa shape index (κ2) is 6.08. The molecule has 0 unspecified atom stereocenters. The fraction of sp³-hybridized carbons (Fsp3) is 0.500. The topological polar surface area (TPSA) is 28.2 Å². The average Bonchev–Trinajstić information content (AvgIpc) is 2.29. The number of pyridine rings is 1. The van der Waals surface area contributed by atoms with Crippen LogP contribution in [0.25, 0.3) is 0 Å². The summed E-state index contributed by atoms with van der Waals surface area (Å²) in [6.07, 6.45) is -3.47.